The van der Waals surface area contributed by atoms with Gasteiger partial charge in [0.2, 0.25) is 65.0 Å². The van der Waals surface area contributed by atoms with Gasteiger partial charge in [-0.25, -0.2) is 0 Å². The van der Waals surface area contributed by atoms with E-state index in [1.54, 1.807) is 88.3 Å². The number of unbranched alkanes of at least 4 members (excludes halogenated alkanes) is 1. The Morgan fingerprint density at radius 2 is 1.04 bits per heavy atom. The molecule has 1 heterocycles. The number of hydrogen-bond acceptors (Lipinski definition) is 15. The lowest BCUT2D eigenvalue weighted by molar-refractivity contribution is -0.158. The third-order valence-corrected chi connectivity index (χ3v) is 19.1. The average molecular weight is 1500 g/mol. The third-order valence-electron chi connectivity index (χ3n) is 19.1. The molecule has 12 amide bonds. The fraction of sp³-hybridized carbons (Fsp3) is 0.724. The maximum Gasteiger partial charge on any atom is 0.393 e. The molecule has 27 nitrogen and oxygen atoms in total. The van der Waals surface area contributed by atoms with Gasteiger partial charge in [-0.2, -0.15) is 13.2 Å². The number of benzene rings is 1. The monoisotopic (exact) mass is 1500 g/mol. The molecule has 0 radical (unpaired) electrons. The van der Waals surface area contributed by atoms with E-state index in [-0.39, 0.29) is 99.1 Å². The van der Waals surface area contributed by atoms with Crippen molar-refractivity contribution in [2.75, 3.05) is 69.0 Å². The van der Waals surface area contributed by atoms with Crippen LogP contribution in [0.2, 0.25) is 0 Å². The van der Waals surface area contributed by atoms with Crippen LogP contribution in [-0.4, -0.2) is 258 Å². The van der Waals surface area contributed by atoms with E-state index in [2.05, 4.69) is 26.6 Å². The second kappa shape index (κ2) is 43.6. The Balaban J connectivity index is 2.98. The zero-order valence-electron chi connectivity index (χ0n) is 67.0. The summed E-state index contributed by atoms with van der Waals surface area (Å²) in [4.78, 5) is 198. The Bertz CT molecular complexity index is 3170. The van der Waals surface area contributed by atoms with Gasteiger partial charge in [-0.05, 0) is 124 Å². The van der Waals surface area contributed by atoms with Crippen molar-refractivity contribution in [1.29, 1.82) is 0 Å². The molecular formula is C76H125F3N12O15. The lowest BCUT2D eigenvalue weighted by Crippen LogP contribution is -2.63. The molecule has 1 aliphatic heterocycles. The molecule has 1 aliphatic rings. The maximum atomic E-state index is 15.4. The second-order valence-corrected chi connectivity index (χ2v) is 30.8. The van der Waals surface area contributed by atoms with E-state index in [9.17, 15) is 61.4 Å². The SMILES string of the molecule is C/C=C/C[C@@H](C)[C@@H](O)[C@H]1C(=O)N[C@@H](CC)C(=O)N(C)CC(=O)N(C)[C@@H](CC(C)C)C(=O)N[C@@H](C(C)C)C(=O)N(C)[C@@H](CC(C)C)C(=O)N[C@@H](C)C(=O)N[C@H](COC(=O)CCCCNC(=O)c2ccc(CC(F)(F)F)cc2)C(=O)N(C)[C@@H](CC(C)C)C(=O)N(C)[C@@H](CC(C)C)C(=O)N(C)[C@@H](C(C)C)C(=O)N1C. The highest BCUT2D eigenvalue weighted by Crippen LogP contribution is 2.27. The van der Waals surface area contributed by atoms with Crippen LogP contribution in [0.5, 0.6) is 0 Å². The summed E-state index contributed by atoms with van der Waals surface area (Å²) in [6.45, 7) is 26.2. The molecular weight excluding hydrogens is 1380 g/mol. The molecule has 0 bridgehead atoms. The van der Waals surface area contributed by atoms with Crippen molar-refractivity contribution < 1.29 is 85.3 Å². The molecule has 0 aliphatic carbocycles. The van der Waals surface area contributed by atoms with Crippen molar-refractivity contribution in [3.05, 3.63) is 47.5 Å². The topological polar surface area (TPSA) is 334 Å². The van der Waals surface area contributed by atoms with Gasteiger partial charge in [0.15, 0.2) is 0 Å². The summed E-state index contributed by atoms with van der Waals surface area (Å²) in [6, 6.07) is -9.12. The van der Waals surface area contributed by atoms with Gasteiger partial charge in [-0.3, -0.25) is 62.3 Å². The van der Waals surface area contributed by atoms with Crippen molar-refractivity contribution >= 4 is 76.9 Å². The van der Waals surface area contributed by atoms with Crippen LogP contribution in [0.3, 0.4) is 0 Å². The number of hydrogen-bond donors (Lipinski definition) is 6. The van der Waals surface area contributed by atoms with Crippen LogP contribution < -0.4 is 26.6 Å². The van der Waals surface area contributed by atoms with Crippen molar-refractivity contribution in [3.8, 4) is 0 Å². The van der Waals surface area contributed by atoms with Crippen LogP contribution in [-0.2, 0) is 68.7 Å². The number of likely N-dealkylation sites (N-methyl/N-ethyl adjacent to an activating group) is 7. The third kappa shape index (κ3) is 28.5. The molecule has 1 aromatic rings. The second-order valence-electron chi connectivity index (χ2n) is 30.8. The predicted octanol–water partition coefficient (Wildman–Crippen LogP) is 5.50. The molecule has 1 aromatic carbocycles. The first-order valence-corrected chi connectivity index (χ1v) is 37.1. The van der Waals surface area contributed by atoms with Crippen molar-refractivity contribution in [2.45, 2.75) is 248 Å². The number of nitrogens with zero attached hydrogens (tertiary/aromatic N) is 7. The maximum absolute atomic E-state index is 15.4. The molecule has 106 heavy (non-hydrogen) atoms. The minimum Gasteiger partial charge on any atom is -0.463 e. The standard InChI is InChI=1S/C76H125F3N12O15/c1-24-26-29-49(15)64(94)63-69(99)82-53(25-2)70(100)85(17)41-59(92)86(18)55(36-43(3)4)68(98)84-61(47(11)12)74(104)87(19)56(37-44(5)6)67(97)81-50(16)65(95)83-54(42-106-60(93)30-27-28-35-80-66(96)52-33-31-51(32-34-52)40-76(77,78)79)71(101)88(20)57(38-45(7)8)72(102)89(21)58(39-46(9)10)73(103)90(22)62(48(13)14)75(105)91(63)23/h24,26,31-34,43-50,53-58,61-64,94H,25,27-30,35-42H2,1-23H3,(H,80,96)(H,81,97)(H,82,99)(H,83,95)(H,84,98)/b26-24+/t49-,50+,53+,54-,55+,56+,57+,58+,61+,62+,63+,64-/m1/s1. The number of ether oxygens (including phenoxy) is 1. The highest BCUT2D eigenvalue weighted by Gasteiger charge is 2.46. The van der Waals surface area contributed by atoms with Gasteiger partial charge in [-0.1, -0.05) is 121 Å². The van der Waals surface area contributed by atoms with Crippen LogP contribution >= 0.6 is 0 Å². The Hall–Kier alpha value is -8.18. The van der Waals surface area contributed by atoms with E-state index in [4.69, 9.17) is 4.74 Å². The largest absolute Gasteiger partial charge is 0.463 e. The summed E-state index contributed by atoms with van der Waals surface area (Å²) < 4.78 is 44.5. The molecule has 2 rings (SSSR count). The van der Waals surface area contributed by atoms with Crippen LogP contribution in [0.15, 0.2) is 36.4 Å². The lowest BCUT2D eigenvalue weighted by Gasteiger charge is -2.41. The zero-order valence-corrected chi connectivity index (χ0v) is 67.0. The van der Waals surface area contributed by atoms with Crippen molar-refractivity contribution in [2.24, 2.45) is 41.4 Å². The van der Waals surface area contributed by atoms with Gasteiger partial charge in [0.1, 0.15) is 67.0 Å². The number of aliphatic hydroxyl groups is 1. The van der Waals surface area contributed by atoms with Crippen LogP contribution in [0.1, 0.15) is 184 Å². The lowest BCUT2D eigenvalue weighted by atomic mass is 9.91. The molecule has 0 unspecified atom stereocenters. The molecule has 600 valence electrons. The fourth-order valence-electron chi connectivity index (χ4n) is 12.6. The predicted molar refractivity (Wildman–Crippen MR) is 396 cm³/mol. The number of halogens is 3. The van der Waals surface area contributed by atoms with Gasteiger partial charge >= 0.3 is 12.1 Å². The Kier molecular flexibility index (Phi) is 38.6. The van der Waals surface area contributed by atoms with Crippen molar-refractivity contribution in [3.63, 3.8) is 0 Å². The summed E-state index contributed by atoms with van der Waals surface area (Å²) in [7, 11) is 9.47. The quantitative estimate of drug-likeness (QED) is 0.0423. The van der Waals surface area contributed by atoms with E-state index in [0.717, 1.165) is 19.6 Å². The fourth-order valence-corrected chi connectivity index (χ4v) is 12.6. The number of amides is 12. The number of esters is 1. The summed E-state index contributed by atoms with van der Waals surface area (Å²) in [6.07, 6.45) is -3.15. The van der Waals surface area contributed by atoms with E-state index < -0.39 is 187 Å². The first kappa shape index (κ1) is 93.9. The Morgan fingerprint density at radius 1 is 0.566 bits per heavy atom. The molecule has 30 heteroatoms. The Morgan fingerprint density at radius 3 is 1.53 bits per heavy atom. The van der Waals surface area contributed by atoms with Crippen molar-refractivity contribution in [1.82, 2.24) is 60.9 Å². The number of alkyl halides is 3. The van der Waals surface area contributed by atoms with Gasteiger partial charge in [0, 0.05) is 67.9 Å². The number of nitrogens with one attached hydrogen (secondary N) is 5. The highest BCUT2D eigenvalue weighted by molar-refractivity contribution is 6.00. The first-order chi connectivity index (χ1) is 49.1. The molecule has 0 aromatic heterocycles. The van der Waals surface area contributed by atoms with E-state index in [0.29, 0.717) is 0 Å². The summed E-state index contributed by atoms with van der Waals surface area (Å²) in [5, 5.41) is 25.7. The molecule has 6 N–H and O–H groups in total. The van der Waals surface area contributed by atoms with Gasteiger partial charge < -0.3 is 70.7 Å². The smallest absolute Gasteiger partial charge is 0.393 e. The molecule has 1 saturated heterocycles. The highest BCUT2D eigenvalue weighted by atomic mass is 19.4. The number of aliphatic hydroxyl groups excluding tert-OH is 1. The van der Waals surface area contributed by atoms with E-state index in [1.807, 2.05) is 27.7 Å². The van der Waals surface area contributed by atoms with Crippen LogP contribution in [0.25, 0.3) is 0 Å². The molecule has 0 saturated carbocycles. The van der Waals surface area contributed by atoms with Crippen LogP contribution in [0.4, 0.5) is 13.2 Å². The zero-order chi connectivity index (χ0) is 81.3. The van der Waals surface area contributed by atoms with Gasteiger partial charge in [0.25, 0.3) is 5.91 Å². The molecule has 12 atom stereocenters. The van der Waals surface area contributed by atoms with E-state index in [1.165, 1.54) is 95.2 Å². The number of rotatable bonds is 24. The number of carbonyl (C=O) groups is 13. The minimum atomic E-state index is -4.44. The minimum absolute atomic E-state index is 0.0217. The average Bonchev–Trinajstić information content (AvgIpc) is 0.798. The van der Waals surface area contributed by atoms with Crippen LogP contribution in [0, 0.1) is 41.4 Å². The number of allylic oxidation sites excluding steroid dienone is 2. The molecule has 1 fully saturated rings. The van der Waals surface area contributed by atoms with Gasteiger partial charge in [-0.15, -0.1) is 0 Å². The first-order valence-electron chi connectivity index (χ1n) is 37.1. The van der Waals surface area contributed by atoms with Gasteiger partial charge in [0.05, 0.1) is 19.1 Å². The Labute approximate surface area is 626 Å². The normalized spacial score (nSPS) is 23.9. The number of carbonyl (C=O) groups excluding carboxylic acids is 13. The summed E-state index contributed by atoms with van der Waals surface area (Å²) >= 11 is 0. The molecule has 0 spiro atoms. The van der Waals surface area contributed by atoms with E-state index >= 15 is 19.2 Å². The summed E-state index contributed by atoms with van der Waals surface area (Å²) in [5.41, 5.74) is 0.0879. The summed E-state index contributed by atoms with van der Waals surface area (Å²) in [5.74, 6) is -13.1.